The van der Waals surface area contributed by atoms with Gasteiger partial charge in [-0.25, -0.2) is 14.8 Å². The van der Waals surface area contributed by atoms with Crippen LogP contribution >= 0.6 is 11.3 Å². The molecule has 0 saturated carbocycles. The molecule has 0 unspecified atom stereocenters. The number of ketones is 1. The van der Waals surface area contributed by atoms with E-state index in [9.17, 15) is 9.59 Å². The monoisotopic (exact) mass is 492 g/mol. The predicted molar refractivity (Wildman–Crippen MR) is 136 cm³/mol. The molecule has 1 amide bonds. The number of carbonyl (C=O) groups is 2. The molecule has 3 aromatic carbocycles. The number of nitrogens with one attached hydrogen (secondary N) is 1. The summed E-state index contributed by atoms with van der Waals surface area (Å²) in [6.07, 6.45) is 0.611. The van der Waals surface area contributed by atoms with Crippen LogP contribution in [0, 0.1) is 0 Å². The first-order valence-electron chi connectivity index (χ1n) is 11.4. The van der Waals surface area contributed by atoms with Crippen molar-refractivity contribution < 1.29 is 9.59 Å². The molecule has 0 spiro atoms. The molecule has 176 valence electrons. The molecule has 2 aromatic heterocycles. The van der Waals surface area contributed by atoms with E-state index in [0.29, 0.717) is 21.9 Å². The zero-order chi connectivity index (χ0) is 24.6. The van der Waals surface area contributed by atoms with Gasteiger partial charge in [0.25, 0.3) is 5.91 Å². The third-order valence-electron chi connectivity index (χ3n) is 5.95. The molecule has 8 nitrogen and oxygen atoms in total. The molecule has 0 fully saturated rings. The predicted octanol–water partition coefficient (Wildman–Crippen LogP) is 4.14. The standard InChI is InChI=1S/C27H20N6O2S/c1-17(34)26-31-33(20-13-6-3-7-14-20)27(36-26)29-28-25(35)23-22-16-18-10-8-9-15-21(18)24(22)32(30-23)19-11-4-2-5-12-19/h2-15H,16H2,1H3,(H,28,35)/b29-27-. The molecule has 1 aliphatic carbocycles. The number of nitrogens with zero attached hydrogens (tertiary/aromatic N) is 5. The second kappa shape index (κ2) is 8.86. The van der Waals surface area contributed by atoms with Gasteiger partial charge in [0, 0.05) is 24.5 Å². The maximum absolute atomic E-state index is 13.4. The van der Waals surface area contributed by atoms with Gasteiger partial charge in [0.1, 0.15) is 0 Å². The van der Waals surface area contributed by atoms with Crippen LogP contribution in [0.4, 0.5) is 0 Å². The van der Waals surface area contributed by atoms with Crippen molar-refractivity contribution in [3.63, 3.8) is 0 Å². The number of hydrogen-bond acceptors (Lipinski definition) is 6. The van der Waals surface area contributed by atoms with Gasteiger partial charge in [-0.15, -0.1) is 5.10 Å². The third-order valence-corrected chi connectivity index (χ3v) is 6.96. The van der Waals surface area contributed by atoms with Crippen molar-refractivity contribution in [2.45, 2.75) is 13.3 Å². The molecule has 0 saturated heterocycles. The van der Waals surface area contributed by atoms with Crippen molar-refractivity contribution in [2.75, 3.05) is 0 Å². The topological polar surface area (TPSA) is 94.2 Å². The summed E-state index contributed by atoms with van der Waals surface area (Å²) in [5, 5.41) is 13.7. The highest BCUT2D eigenvalue weighted by atomic mass is 32.1. The molecule has 1 aliphatic rings. The number of benzene rings is 3. The smallest absolute Gasteiger partial charge is 0.292 e. The first-order chi connectivity index (χ1) is 17.6. The summed E-state index contributed by atoms with van der Waals surface area (Å²) < 4.78 is 3.37. The summed E-state index contributed by atoms with van der Waals surface area (Å²) in [6.45, 7) is 1.45. The lowest BCUT2D eigenvalue weighted by Crippen LogP contribution is -2.25. The van der Waals surface area contributed by atoms with Gasteiger partial charge < -0.3 is 0 Å². The molecule has 2 heterocycles. The van der Waals surface area contributed by atoms with Crippen molar-refractivity contribution in [3.8, 4) is 22.6 Å². The maximum Gasteiger partial charge on any atom is 0.292 e. The van der Waals surface area contributed by atoms with E-state index in [1.807, 2.05) is 77.5 Å². The van der Waals surface area contributed by atoms with E-state index in [4.69, 9.17) is 5.10 Å². The van der Waals surface area contributed by atoms with Crippen molar-refractivity contribution in [2.24, 2.45) is 5.10 Å². The van der Waals surface area contributed by atoms with Gasteiger partial charge in [-0.05, 0) is 29.8 Å². The lowest BCUT2D eigenvalue weighted by Gasteiger charge is -2.07. The van der Waals surface area contributed by atoms with Crippen LogP contribution in [0.3, 0.4) is 0 Å². The SMILES string of the molecule is CC(=O)c1nn(-c2ccccc2)/c(=N/NC(=O)c2nn(-c3ccccc3)c3c2Cc2ccccc2-3)s1. The minimum atomic E-state index is -0.425. The zero-order valence-corrected chi connectivity index (χ0v) is 20.1. The van der Waals surface area contributed by atoms with E-state index in [0.717, 1.165) is 45.1 Å². The fourth-order valence-corrected chi connectivity index (χ4v) is 5.08. The highest BCUT2D eigenvalue weighted by molar-refractivity contribution is 7.10. The first kappa shape index (κ1) is 21.9. The van der Waals surface area contributed by atoms with E-state index >= 15 is 0 Å². The molecular formula is C27H20N6O2S. The molecule has 6 rings (SSSR count). The number of aromatic nitrogens is 4. The Bertz CT molecular complexity index is 1680. The van der Waals surface area contributed by atoms with Gasteiger partial charge in [0.15, 0.2) is 16.5 Å². The van der Waals surface area contributed by atoms with Crippen LogP contribution in [-0.2, 0) is 6.42 Å². The number of carbonyl (C=O) groups excluding carboxylic acids is 2. The van der Waals surface area contributed by atoms with Gasteiger partial charge in [0.05, 0.1) is 17.1 Å². The summed E-state index contributed by atoms with van der Waals surface area (Å²) in [5.41, 5.74) is 8.56. The fourth-order valence-electron chi connectivity index (χ4n) is 4.31. The van der Waals surface area contributed by atoms with Crippen molar-refractivity contribution in [3.05, 3.63) is 112 Å². The van der Waals surface area contributed by atoms with Crippen LogP contribution in [0.15, 0.2) is 90.0 Å². The summed E-state index contributed by atoms with van der Waals surface area (Å²) in [6, 6.07) is 27.2. The van der Waals surface area contributed by atoms with Crippen molar-refractivity contribution >= 4 is 23.0 Å². The number of rotatable bonds is 5. The summed E-state index contributed by atoms with van der Waals surface area (Å²) in [5.74, 6) is -0.597. The van der Waals surface area contributed by atoms with E-state index in [1.54, 1.807) is 4.68 Å². The normalized spacial score (nSPS) is 12.3. The van der Waals surface area contributed by atoms with Crippen LogP contribution in [-0.4, -0.2) is 31.3 Å². The van der Waals surface area contributed by atoms with E-state index in [-0.39, 0.29) is 5.78 Å². The molecule has 0 atom stereocenters. The highest BCUT2D eigenvalue weighted by Gasteiger charge is 2.30. The Morgan fingerprint density at radius 2 is 1.50 bits per heavy atom. The number of hydrogen-bond donors (Lipinski definition) is 1. The first-order valence-corrected chi connectivity index (χ1v) is 12.2. The molecular weight excluding hydrogens is 472 g/mol. The quantitative estimate of drug-likeness (QED) is 0.289. The zero-order valence-electron chi connectivity index (χ0n) is 19.3. The second-order valence-electron chi connectivity index (χ2n) is 8.30. The van der Waals surface area contributed by atoms with Crippen LogP contribution in [0.25, 0.3) is 22.6 Å². The number of Topliss-reactive ketones (excluding diaryl/α,β-unsaturated/α-hetero) is 1. The molecule has 9 heteroatoms. The Labute approximate surface area is 210 Å². The maximum atomic E-state index is 13.4. The average molecular weight is 493 g/mol. The van der Waals surface area contributed by atoms with Crippen molar-refractivity contribution in [1.29, 1.82) is 0 Å². The van der Waals surface area contributed by atoms with E-state index < -0.39 is 5.91 Å². The molecule has 0 bridgehead atoms. The highest BCUT2D eigenvalue weighted by Crippen LogP contribution is 2.39. The Kier molecular flexibility index (Phi) is 5.38. The Morgan fingerprint density at radius 1 is 0.861 bits per heavy atom. The van der Waals surface area contributed by atoms with Gasteiger partial charge in [0.2, 0.25) is 4.80 Å². The fraction of sp³-hybridized carbons (Fsp3) is 0.0741. The lowest BCUT2D eigenvalue weighted by atomic mass is 10.1. The van der Waals surface area contributed by atoms with Gasteiger partial charge >= 0.3 is 0 Å². The van der Waals surface area contributed by atoms with Gasteiger partial charge in [-0.2, -0.15) is 10.2 Å². The lowest BCUT2D eigenvalue weighted by molar-refractivity contribution is 0.0945. The largest absolute Gasteiger partial charge is 0.292 e. The Balaban J connectivity index is 1.42. The van der Waals surface area contributed by atoms with Crippen LogP contribution in [0.1, 0.15) is 38.3 Å². The van der Waals surface area contributed by atoms with Crippen LogP contribution in [0.2, 0.25) is 0 Å². The third kappa shape index (κ3) is 3.75. The number of fused-ring (bicyclic) bond motifs is 3. The molecule has 0 aliphatic heterocycles. The summed E-state index contributed by atoms with van der Waals surface area (Å²) >= 11 is 1.11. The molecule has 0 radical (unpaired) electrons. The average Bonchev–Trinajstić information content (AvgIpc) is 3.61. The van der Waals surface area contributed by atoms with Crippen LogP contribution < -0.4 is 10.2 Å². The number of amides is 1. The van der Waals surface area contributed by atoms with Crippen molar-refractivity contribution in [1.82, 2.24) is 25.0 Å². The summed E-state index contributed by atoms with van der Waals surface area (Å²) in [4.78, 5) is 25.7. The molecule has 36 heavy (non-hydrogen) atoms. The summed E-state index contributed by atoms with van der Waals surface area (Å²) in [7, 11) is 0. The van der Waals surface area contributed by atoms with Gasteiger partial charge in [-0.3, -0.25) is 9.59 Å². The van der Waals surface area contributed by atoms with E-state index in [2.05, 4.69) is 27.8 Å². The second-order valence-corrected chi connectivity index (χ2v) is 9.26. The molecule has 1 N–H and O–H groups in total. The Morgan fingerprint density at radius 3 is 2.19 bits per heavy atom. The minimum Gasteiger partial charge on any atom is -0.292 e. The van der Waals surface area contributed by atoms with E-state index in [1.165, 1.54) is 6.92 Å². The number of para-hydroxylation sites is 2. The minimum absolute atomic E-state index is 0.172. The van der Waals surface area contributed by atoms with Gasteiger partial charge in [-0.1, -0.05) is 72.0 Å². The van der Waals surface area contributed by atoms with Crippen LogP contribution in [0.5, 0.6) is 0 Å². The Hall–Kier alpha value is -4.63. The molecule has 5 aromatic rings.